The minimum absolute atomic E-state index is 0.215. The maximum atomic E-state index is 10.5. The Morgan fingerprint density at radius 1 is 1.16 bits per heavy atom. The molecule has 1 saturated heterocycles. The molecule has 0 aliphatic carbocycles. The summed E-state index contributed by atoms with van der Waals surface area (Å²) in [4.78, 5) is 15.0. The summed E-state index contributed by atoms with van der Waals surface area (Å²) in [6.45, 7) is 5.17. The van der Waals surface area contributed by atoms with Crippen molar-refractivity contribution >= 4 is 5.97 Å². The number of rotatable bonds is 5. The summed E-state index contributed by atoms with van der Waals surface area (Å²) in [6, 6.07) is 7.33. The number of hydrogen-bond acceptors (Lipinski definition) is 4. The third-order valence-corrected chi connectivity index (χ3v) is 3.42. The lowest BCUT2D eigenvalue weighted by Gasteiger charge is -2.34. The summed E-state index contributed by atoms with van der Waals surface area (Å²) in [7, 11) is 0. The van der Waals surface area contributed by atoms with Crippen LogP contribution in [-0.2, 0) is 11.3 Å². The molecule has 0 unspecified atom stereocenters. The molecule has 1 fully saturated rings. The summed E-state index contributed by atoms with van der Waals surface area (Å²) in [6.07, 6.45) is 0.215. The van der Waals surface area contributed by atoms with Gasteiger partial charge in [0.25, 0.3) is 0 Å². The van der Waals surface area contributed by atoms with Gasteiger partial charge in [-0.2, -0.15) is 0 Å². The third-order valence-electron chi connectivity index (χ3n) is 3.42. The summed E-state index contributed by atoms with van der Waals surface area (Å²) in [5.74, 6) is -0.431. The molecule has 0 bridgehead atoms. The van der Waals surface area contributed by atoms with Gasteiger partial charge in [0.1, 0.15) is 5.75 Å². The average molecular weight is 264 g/mol. The Balaban J connectivity index is 1.75. The molecule has 0 radical (unpaired) electrons. The molecule has 0 amide bonds. The first-order valence-electron chi connectivity index (χ1n) is 6.58. The molecule has 0 spiro atoms. The highest BCUT2D eigenvalue weighted by Gasteiger charge is 2.17. The van der Waals surface area contributed by atoms with Crippen molar-refractivity contribution in [3.05, 3.63) is 29.8 Å². The van der Waals surface area contributed by atoms with Crippen molar-refractivity contribution in [3.63, 3.8) is 0 Å². The zero-order valence-electron chi connectivity index (χ0n) is 11.0. The molecule has 1 aromatic carbocycles. The smallest absolute Gasteiger partial charge is 0.304 e. The topological polar surface area (TPSA) is 64.0 Å². The first kappa shape index (κ1) is 13.8. The Morgan fingerprint density at radius 3 is 2.47 bits per heavy atom. The molecule has 1 aliphatic heterocycles. The fraction of sp³-hybridized carbons (Fsp3) is 0.500. The minimum atomic E-state index is -0.734. The van der Waals surface area contributed by atoms with E-state index in [4.69, 9.17) is 5.11 Å². The number of carboxylic acids is 1. The van der Waals surface area contributed by atoms with Crippen LogP contribution in [-0.4, -0.2) is 58.7 Å². The Bertz CT molecular complexity index is 428. The van der Waals surface area contributed by atoms with E-state index < -0.39 is 5.97 Å². The SMILES string of the molecule is O=C(O)CCN1CCN(Cc2cccc(O)c2)CC1. The average Bonchev–Trinajstić information content (AvgIpc) is 2.38. The van der Waals surface area contributed by atoms with Gasteiger partial charge in [0.05, 0.1) is 6.42 Å². The van der Waals surface area contributed by atoms with Gasteiger partial charge in [0.2, 0.25) is 0 Å². The lowest BCUT2D eigenvalue weighted by molar-refractivity contribution is -0.137. The quantitative estimate of drug-likeness (QED) is 0.830. The Hall–Kier alpha value is -1.59. The number of phenols is 1. The second-order valence-electron chi connectivity index (χ2n) is 4.93. The minimum Gasteiger partial charge on any atom is -0.508 e. The molecule has 5 heteroatoms. The molecule has 2 N–H and O–H groups in total. The highest BCUT2D eigenvalue weighted by Crippen LogP contribution is 2.14. The molecule has 0 aromatic heterocycles. The first-order chi connectivity index (χ1) is 9.13. The third kappa shape index (κ3) is 4.54. The lowest BCUT2D eigenvalue weighted by atomic mass is 10.2. The number of aliphatic carboxylic acids is 1. The molecule has 1 heterocycles. The van der Waals surface area contributed by atoms with Gasteiger partial charge < -0.3 is 15.1 Å². The largest absolute Gasteiger partial charge is 0.508 e. The zero-order chi connectivity index (χ0) is 13.7. The second kappa shape index (κ2) is 6.54. The first-order valence-corrected chi connectivity index (χ1v) is 6.58. The summed E-state index contributed by atoms with van der Waals surface area (Å²) >= 11 is 0. The van der Waals surface area contributed by atoms with Gasteiger partial charge in [-0.3, -0.25) is 9.69 Å². The van der Waals surface area contributed by atoms with Crippen molar-refractivity contribution in [2.24, 2.45) is 0 Å². The number of aromatic hydroxyl groups is 1. The van der Waals surface area contributed by atoms with Crippen molar-refractivity contribution in [2.45, 2.75) is 13.0 Å². The van der Waals surface area contributed by atoms with Crippen molar-refractivity contribution in [1.82, 2.24) is 9.80 Å². The molecule has 19 heavy (non-hydrogen) atoms. The van der Waals surface area contributed by atoms with E-state index in [1.54, 1.807) is 12.1 Å². The molecule has 1 aromatic rings. The number of nitrogens with zero attached hydrogens (tertiary/aromatic N) is 2. The highest BCUT2D eigenvalue weighted by molar-refractivity contribution is 5.66. The monoisotopic (exact) mass is 264 g/mol. The van der Waals surface area contributed by atoms with Crippen molar-refractivity contribution < 1.29 is 15.0 Å². The Labute approximate surface area is 113 Å². The van der Waals surface area contributed by atoms with E-state index in [0.717, 1.165) is 38.3 Å². The van der Waals surface area contributed by atoms with Crippen LogP contribution >= 0.6 is 0 Å². The van der Waals surface area contributed by atoms with Crippen LogP contribution in [0.5, 0.6) is 5.75 Å². The highest BCUT2D eigenvalue weighted by atomic mass is 16.4. The van der Waals surface area contributed by atoms with Crippen LogP contribution < -0.4 is 0 Å². The Kier molecular flexibility index (Phi) is 4.76. The molecule has 0 saturated carbocycles. The van der Waals surface area contributed by atoms with Crippen LogP contribution in [0.25, 0.3) is 0 Å². The van der Waals surface area contributed by atoms with Gasteiger partial charge in [0, 0.05) is 39.3 Å². The molecule has 0 atom stereocenters. The number of carbonyl (C=O) groups is 1. The van der Waals surface area contributed by atoms with Crippen molar-refractivity contribution in [2.75, 3.05) is 32.7 Å². The van der Waals surface area contributed by atoms with Gasteiger partial charge in [-0.15, -0.1) is 0 Å². The molecule has 1 aliphatic rings. The van der Waals surface area contributed by atoms with E-state index in [1.807, 2.05) is 12.1 Å². The van der Waals surface area contributed by atoms with E-state index in [-0.39, 0.29) is 6.42 Å². The van der Waals surface area contributed by atoms with E-state index in [0.29, 0.717) is 12.3 Å². The van der Waals surface area contributed by atoms with Gasteiger partial charge in [-0.25, -0.2) is 0 Å². The number of benzene rings is 1. The van der Waals surface area contributed by atoms with Crippen LogP contribution in [0, 0.1) is 0 Å². The number of hydrogen-bond donors (Lipinski definition) is 2. The molecular formula is C14H20N2O3. The normalized spacial score (nSPS) is 17.5. The fourth-order valence-electron chi connectivity index (χ4n) is 2.34. The maximum absolute atomic E-state index is 10.5. The van der Waals surface area contributed by atoms with E-state index >= 15 is 0 Å². The predicted octanol–water partition coefficient (Wildman–Crippen LogP) is 0.984. The Morgan fingerprint density at radius 2 is 1.84 bits per heavy atom. The number of phenolic OH excluding ortho intramolecular Hbond substituents is 1. The van der Waals surface area contributed by atoms with Gasteiger partial charge in [0.15, 0.2) is 0 Å². The van der Waals surface area contributed by atoms with Gasteiger partial charge in [-0.05, 0) is 17.7 Å². The zero-order valence-corrected chi connectivity index (χ0v) is 11.0. The molecule has 2 rings (SSSR count). The summed E-state index contributed by atoms with van der Waals surface area (Å²) in [5.41, 5.74) is 1.11. The summed E-state index contributed by atoms with van der Waals surface area (Å²) < 4.78 is 0. The van der Waals surface area contributed by atoms with Gasteiger partial charge >= 0.3 is 5.97 Å². The van der Waals surface area contributed by atoms with E-state index in [2.05, 4.69) is 9.80 Å². The van der Waals surface area contributed by atoms with Crippen molar-refractivity contribution in [1.29, 1.82) is 0 Å². The molecule has 5 nitrogen and oxygen atoms in total. The fourth-order valence-corrected chi connectivity index (χ4v) is 2.34. The van der Waals surface area contributed by atoms with E-state index in [9.17, 15) is 9.90 Å². The van der Waals surface area contributed by atoms with Crippen LogP contribution in [0.15, 0.2) is 24.3 Å². The van der Waals surface area contributed by atoms with Crippen molar-refractivity contribution in [3.8, 4) is 5.75 Å². The standard InChI is InChI=1S/C14H20N2O3/c17-13-3-1-2-12(10-13)11-16-8-6-15(7-9-16)5-4-14(18)19/h1-3,10,17H,4-9,11H2,(H,18,19). The van der Waals surface area contributed by atoms with E-state index in [1.165, 1.54) is 0 Å². The predicted molar refractivity (Wildman–Crippen MR) is 72.1 cm³/mol. The second-order valence-corrected chi connectivity index (χ2v) is 4.93. The van der Waals surface area contributed by atoms with Crippen LogP contribution in [0.1, 0.15) is 12.0 Å². The number of piperazine rings is 1. The van der Waals surface area contributed by atoms with Crippen LogP contribution in [0.2, 0.25) is 0 Å². The summed E-state index contributed by atoms with van der Waals surface area (Å²) in [5, 5.41) is 18.1. The molecule has 104 valence electrons. The van der Waals surface area contributed by atoms with Gasteiger partial charge in [-0.1, -0.05) is 12.1 Å². The molecular weight excluding hydrogens is 244 g/mol. The van der Waals surface area contributed by atoms with Crippen LogP contribution in [0.4, 0.5) is 0 Å². The lowest BCUT2D eigenvalue weighted by Crippen LogP contribution is -2.46. The number of carboxylic acid groups (broad SMARTS) is 1. The van der Waals surface area contributed by atoms with Crippen LogP contribution in [0.3, 0.4) is 0 Å². The maximum Gasteiger partial charge on any atom is 0.304 e.